The summed E-state index contributed by atoms with van der Waals surface area (Å²) >= 11 is 0. The van der Waals surface area contributed by atoms with Gasteiger partial charge in [-0.05, 0) is 42.3 Å². The molecule has 2 aliphatic heterocycles. The largest absolute Gasteiger partial charge is 0.497 e. The first-order valence-corrected chi connectivity index (χ1v) is 9.64. The Labute approximate surface area is 161 Å². The van der Waals surface area contributed by atoms with Gasteiger partial charge < -0.3 is 14.5 Å². The third-order valence-corrected chi connectivity index (χ3v) is 5.85. The van der Waals surface area contributed by atoms with Crippen LogP contribution in [0.1, 0.15) is 29.0 Å². The van der Waals surface area contributed by atoms with Crippen molar-refractivity contribution in [2.75, 3.05) is 32.1 Å². The highest BCUT2D eigenvalue weighted by atomic mass is 16.5. The Kier molecular flexibility index (Phi) is 4.75. The van der Waals surface area contributed by atoms with Gasteiger partial charge in [0.1, 0.15) is 5.75 Å². The fraction of sp³-hybridized carbons (Fsp3) is 0.348. The summed E-state index contributed by atoms with van der Waals surface area (Å²) in [7, 11) is 3.90. The summed E-state index contributed by atoms with van der Waals surface area (Å²) in [6.07, 6.45) is 4.65. The number of fused-ring (bicyclic) bond motifs is 3. The quantitative estimate of drug-likeness (QED) is 0.850. The van der Waals surface area contributed by atoms with Gasteiger partial charge >= 0.3 is 0 Å². The fourth-order valence-electron chi connectivity index (χ4n) is 4.45. The number of likely N-dealkylation sites (tertiary alicyclic amines) is 1. The number of carbonyl (C=O) groups excluding carboxylic acids is 1. The molecule has 3 atom stereocenters. The number of rotatable bonds is 3. The smallest absolute Gasteiger partial charge is 0.251 e. The molecule has 2 heterocycles. The Hall–Kier alpha value is -2.59. The summed E-state index contributed by atoms with van der Waals surface area (Å²) in [5, 5.41) is 0. The van der Waals surface area contributed by atoms with E-state index in [0.717, 1.165) is 36.5 Å². The highest BCUT2D eigenvalue weighted by molar-refractivity contribution is 6.06. The first-order chi connectivity index (χ1) is 13.1. The zero-order chi connectivity index (χ0) is 19.0. The van der Waals surface area contributed by atoms with E-state index in [2.05, 4.69) is 32.2 Å². The molecule has 0 radical (unpaired) electrons. The summed E-state index contributed by atoms with van der Waals surface area (Å²) in [5.74, 6) is 1.33. The minimum atomic E-state index is 0.0722. The van der Waals surface area contributed by atoms with Gasteiger partial charge in [-0.25, -0.2) is 0 Å². The first-order valence-electron chi connectivity index (χ1n) is 9.64. The minimum absolute atomic E-state index is 0.0722. The highest BCUT2D eigenvalue weighted by Crippen LogP contribution is 2.43. The lowest BCUT2D eigenvalue weighted by Gasteiger charge is -2.34. The van der Waals surface area contributed by atoms with Crippen LogP contribution in [0.2, 0.25) is 0 Å². The van der Waals surface area contributed by atoms with Crippen molar-refractivity contribution in [3.63, 3.8) is 0 Å². The van der Waals surface area contributed by atoms with Crippen molar-refractivity contribution in [2.24, 2.45) is 0 Å². The third kappa shape index (κ3) is 3.37. The molecule has 4 heteroatoms. The fourth-order valence-corrected chi connectivity index (χ4v) is 4.45. The van der Waals surface area contributed by atoms with Crippen molar-refractivity contribution in [2.45, 2.75) is 25.3 Å². The van der Waals surface area contributed by atoms with Gasteiger partial charge in [-0.3, -0.25) is 4.79 Å². The molecule has 1 fully saturated rings. The SMILES string of the molecule is COc1ccc(/C=C/C(=O)N2c3ccc(C)cc3[C@H]3C[NH+](C)CC[C@@H]32)cc1. The lowest BCUT2D eigenvalue weighted by Crippen LogP contribution is -3.11. The second-order valence-electron chi connectivity index (χ2n) is 7.75. The van der Waals surface area contributed by atoms with Crippen molar-refractivity contribution in [1.29, 1.82) is 0 Å². The van der Waals surface area contributed by atoms with Crippen LogP contribution in [0.4, 0.5) is 5.69 Å². The van der Waals surface area contributed by atoms with E-state index < -0.39 is 0 Å². The van der Waals surface area contributed by atoms with Crippen molar-refractivity contribution >= 4 is 17.7 Å². The Morgan fingerprint density at radius 1 is 1.22 bits per heavy atom. The van der Waals surface area contributed by atoms with E-state index in [-0.39, 0.29) is 11.9 Å². The summed E-state index contributed by atoms with van der Waals surface area (Å²) in [5.41, 5.74) is 4.69. The van der Waals surface area contributed by atoms with Gasteiger partial charge in [-0.15, -0.1) is 0 Å². The molecule has 1 saturated heterocycles. The van der Waals surface area contributed by atoms with Crippen molar-refractivity contribution < 1.29 is 14.4 Å². The molecule has 0 spiro atoms. The number of hydrogen-bond donors (Lipinski definition) is 1. The van der Waals surface area contributed by atoms with Crippen LogP contribution < -0.4 is 14.5 Å². The van der Waals surface area contributed by atoms with Crippen LogP contribution in [-0.2, 0) is 4.79 Å². The number of quaternary nitrogens is 1. The molecule has 4 rings (SSSR count). The molecular formula is C23H27N2O2+. The molecule has 4 nitrogen and oxygen atoms in total. The van der Waals surface area contributed by atoms with Gasteiger partial charge in [0.05, 0.1) is 39.2 Å². The van der Waals surface area contributed by atoms with Crippen molar-refractivity contribution in [3.8, 4) is 5.75 Å². The number of amides is 1. The van der Waals surface area contributed by atoms with Gasteiger partial charge in [-0.2, -0.15) is 0 Å². The minimum Gasteiger partial charge on any atom is -0.497 e. The number of likely N-dealkylation sites (N-methyl/N-ethyl adjacent to an activating group) is 1. The average molecular weight is 363 g/mol. The van der Waals surface area contributed by atoms with Gasteiger partial charge in [0.15, 0.2) is 0 Å². The summed E-state index contributed by atoms with van der Waals surface area (Å²) in [6.45, 7) is 4.33. The van der Waals surface area contributed by atoms with Gasteiger partial charge in [0.2, 0.25) is 0 Å². The maximum atomic E-state index is 13.1. The van der Waals surface area contributed by atoms with Gasteiger partial charge in [-0.1, -0.05) is 29.8 Å². The number of ether oxygens (including phenoxy) is 1. The Morgan fingerprint density at radius 2 is 2.00 bits per heavy atom. The number of carbonyl (C=O) groups is 1. The molecule has 2 aliphatic rings. The summed E-state index contributed by atoms with van der Waals surface area (Å²) < 4.78 is 5.19. The number of benzene rings is 2. The van der Waals surface area contributed by atoms with Crippen LogP contribution in [0.15, 0.2) is 48.5 Å². The van der Waals surface area contributed by atoms with E-state index in [0.29, 0.717) is 5.92 Å². The molecule has 0 aromatic heterocycles. The van der Waals surface area contributed by atoms with Gasteiger partial charge in [0, 0.05) is 18.2 Å². The molecule has 0 bridgehead atoms. The van der Waals surface area contributed by atoms with Crippen LogP contribution in [0.25, 0.3) is 6.08 Å². The predicted octanol–water partition coefficient (Wildman–Crippen LogP) is 2.43. The number of hydrogen-bond acceptors (Lipinski definition) is 2. The molecule has 2 aromatic rings. The predicted molar refractivity (Wildman–Crippen MR) is 108 cm³/mol. The molecule has 1 amide bonds. The Morgan fingerprint density at radius 3 is 2.74 bits per heavy atom. The van der Waals surface area contributed by atoms with Crippen LogP contribution in [-0.4, -0.2) is 39.2 Å². The van der Waals surface area contributed by atoms with E-state index in [1.165, 1.54) is 11.1 Å². The zero-order valence-electron chi connectivity index (χ0n) is 16.2. The average Bonchev–Trinajstić information content (AvgIpc) is 2.99. The molecular weight excluding hydrogens is 336 g/mol. The normalized spacial score (nSPS) is 24.0. The Balaban J connectivity index is 1.61. The van der Waals surface area contributed by atoms with Crippen LogP contribution >= 0.6 is 0 Å². The monoisotopic (exact) mass is 363 g/mol. The topological polar surface area (TPSA) is 34.0 Å². The number of nitrogens with one attached hydrogen (secondary N) is 1. The maximum absolute atomic E-state index is 13.1. The number of aryl methyl sites for hydroxylation is 1. The van der Waals surface area contributed by atoms with Gasteiger partial charge in [0.25, 0.3) is 5.91 Å². The molecule has 0 saturated carbocycles. The standard InChI is InChI=1S/C23H26N2O2/c1-16-4-10-21-19(14-16)20-15-24(2)13-12-22(20)25(21)23(26)11-7-17-5-8-18(27-3)9-6-17/h4-11,14,20,22H,12-13,15H2,1-3H3/p+1/b11-7+/t20-,22+/m1/s1. The molecule has 1 unspecified atom stereocenters. The van der Waals surface area contributed by atoms with E-state index in [1.54, 1.807) is 18.1 Å². The molecule has 1 N–H and O–H groups in total. The second-order valence-corrected chi connectivity index (χ2v) is 7.75. The molecule has 27 heavy (non-hydrogen) atoms. The lowest BCUT2D eigenvalue weighted by atomic mass is 9.89. The van der Waals surface area contributed by atoms with E-state index in [9.17, 15) is 4.79 Å². The third-order valence-electron chi connectivity index (χ3n) is 5.85. The van der Waals surface area contributed by atoms with Crippen LogP contribution in [0, 0.1) is 6.92 Å². The first kappa shape index (κ1) is 17.8. The summed E-state index contributed by atoms with van der Waals surface area (Å²) in [4.78, 5) is 16.7. The highest BCUT2D eigenvalue weighted by Gasteiger charge is 2.45. The molecule has 2 aromatic carbocycles. The second kappa shape index (κ2) is 7.20. The van der Waals surface area contributed by atoms with Crippen LogP contribution in [0.3, 0.4) is 0 Å². The maximum Gasteiger partial charge on any atom is 0.251 e. The van der Waals surface area contributed by atoms with E-state index in [1.807, 2.05) is 35.2 Å². The Bertz CT molecular complexity index is 872. The van der Waals surface area contributed by atoms with E-state index in [4.69, 9.17) is 4.74 Å². The lowest BCUT2D eigenvalue weighted by molar-refractivity contribution is -0.886. The zero-order valence-corrected chi connectivity index (χ0v) is 16.2. The number of methoxy groups -OCH3 is 1. The number of piperidine rings is 1. The van der Waals surface area contributed by atoms with Crippen molar-refractivity contribution in [3.05, 3.63) is 65.2 Å². The molecule has 140 valence electrons. The van der Waals surface area contributed by atoms with Crippen LogP contribution in [0.5, 0.6) is 5.75 Å². The number of nitrogens with zero attached hydrogens (tertiary/aromatic N) is 1. The van der Waals surface area contributed by atoms with Crippen molar-refractivity contribution in [1.82, 2.24) is 0 Å². The van der Waals surface area contributed by atoms with E-state index >= 15 is 0 Å². The summed E-state index contributed by atoms with van der Waals surface area (Å²) in [6, 6.07) is 14.5. The number of anilines is 1. The molecule has 0 aliphatic carbocycles.